The lowest BCUT2D eigenvalue weighted by molar-refractivity contribution is 0.0516. The molecule has 0 unspecified atom stereocenters. The summed E-state index contributed by atoms with van der Waals surface area (Å²) < 4.78 is 30.2. The molecule has 0 radical (unpaired) electrons. The number of nitriles is 1. The van der Waals surface area contributed by atoms with Crippen LogP contribution in [0, 0.1) is 11.3 Å². The van der Waals surface area contributed by atoms with Gasteiger partial charge in [0.1, 0.15) is 11.8 Å². The molecule has 0 aliphatic carbocycles. The van der Waals surface area contributed by atoms with Gasteiger partial charge >= 0.3 is 5.97 Å². The van der Waals surface area contributed by atoms with Crippen molar-refractivity contribution in [1.82, 2.24) is 4.98 Å². The topological polar surface area (TPSA) is 89.0 Å². The monoisotopic (exact) mass is 241 g/mol. The Morgan fingerprint density at radius 3 is 2.82 bits per heavy atom. The van der Waals surface area contributed by atoms with Crippen molar-refractivity contribution in [1.29, 1.82) is 5.26 Å². The number of nitrogen functional groups attached to an aromatic ring is 1. The smallest absolute Gasteiger partial charge is 0.340 e. The largest absolute Gasteiger partial charge is 0.462 e. The van der Waals surface area contributed by atoms with Crippen LogP contribution in [0.15, 0.2) is 6.20 Å². The summed E-state index contributed by atoms with van der Waals surface area (Å²) >= 11 is 0. The lowest BCUT2D eigenvalue weighted by Crippen LogP contribution is -2.14. The van der Waals surface area contributed by atoms with Crippen LogP contribution >= 0.6 is 0 Å². The van der Waals surface area contributed by atoms with Gasteiger partial charge < -0.3 is 10.5 Å². The molecule has 7 heteroatoms. The van der Waals surface area contributed by atoms with Crippen LogP contribution in [0.1, 0.15) is 35.0 Å². The Bertz CT molecular complexity index is 483. The third kappa shape index (κ3) is 2.47. The summed E-state index contributed by atoms with van der Waals surface area (Å²) in [7, 11) is 0. The fraction of sp³-hybridized carbons (Fsp3) is 0.300. The maximum atomic E-state index is 12.8. The molecule has 0 saturated carbocycles. The average molecular weight is 241 g/mol. The van der Waals surface area contributed by atoms with Crippen LogP contribution in [0.4, 0.5) is 14.5 Å². The number of pyridine rings is 1. The molecule has 0 spiro atoms. The summed E-state index contributed by atoms with van der Waals surface area (Å²) in [6, 6.07) is 1.49. The van der Waals surface area contributed by atoms with Crippen molar-refractivity contribution in [3.05, 3.63) is 23.0 Å². The normalized spacial score (nSPS) is 10.1. The van der Waals surface area contributed by atoms with Crippen LogP contribution in [0.3, 0.4) is 0 Å². The first-order valence-corrected chi connectivity index (χ1v) is 4.66. The molecular weight excluding hydrogens is 232 g/mol. The molecule has 0 aromatic carbocycles. The number of ether oxygens (including phenoxy) is 1. The molecule has 0 amide bonds. The van der Waals surface area contributed by atoms with Gasteiger partial charge in [-0.2, -0.15) is 5.26 Å². The van der Waals surface area contributed by atoms with E-state index in [-0.39, 0.29) is 12.3 Å². The second kappa shape index (κ2) is 5.21. The summed E-state index contributed by atoms with van der Waals surface area (Å²) in [5, 5.41) is 8.66. The number of carbonyl (C=O) groups excluding carboxylic acids is 1. The SMILES string of the molecule is CCOC(=O)c1c(N)cnc(C#N)c1C(F)F. The first-order valence-electron chi connectivity index (χ1n) is 4.66. The Morgan fingerprint density at radius 1 is 1.71 bits per heavy atom. The number of nitrogens with zero attached hydrogens (tertiary/aromatic N) is 2. The van der Waals surface area contributed by atoms with Gasteiger partial charge in [0.25, 0.3) is 6.43 Å². The first-order chi connectivity index (χ1) is 8.02. The molecule has 1 rings (SSSR count). The van der Waals surface area contributed by atoms with Crippen molar-refractivity contribution >= 4 is 11.7 Å². The van der Waals surface area contributed by atoms with E-state index in [0.717, 1.165) is 6.20 Å². The van der Waals surface area contributed by atoms with Gasteiger partial charge in [-0.05, 0) is 6.92 Å². The molecule has 1 aromatic rings. The van der Waals surface area contributed by atoms with Gasteiger partial charge in [0.2, 0.25) is 0 Å². The van der Waals surface area contributed by atoms with Crippen LogP contribution in [0.25, 0.3) is 0 Å². The molecule has 0 aliphatic rings. The molecular formula is C10H9F2N3O2. The second-order valence-corrected chi connectivity index (χ2v) is 2.98. The molecule has 0 atom stereocenters. The summed E-state index contributed by atoms with van der Waals surface area (Å²) in [6.07, 6.45) is -2.04. The highest BCUT2D eigenvalue weighted by molar-refractivity contribution is 5.97. The van der Waals surface area contributed by atoms with E-state index in [1.54, 1.807) is 0 Å². The van der Waals surface area contributed by atoms with E-state index < -0.39 is 29.2 Å². The minimum Gasteiger partial charge on any atom is -0.462 e. The fourth-order valence-corrected chi connectivity index (χ4v) is 1.27. The molecule has 0 bridgehead atoms. The third-order valence-corrected chi connectivity index (χ3v) is 1.95. The van der Waals surface area contributed by atoms with E-state index in [1.807, 2.05) is 0 Å². The number of halogens is 2. The summed E-state index contributed by atoms with van der Waals surface area (Å²) in [5.74, 6) is -0.987. The minimum absolute atomic E-state index is 0.0190. The van der Waals surface area contributed by atoms with E-state index in [2.05, 4.69) is 9.72 Å². The lowest BCUT2D eigenvalue weighted by atomic mass is 10.1. The predicted molar refractivity (Wildman–Crippen MR) is 54.3 cm³/mol. The molecule has 1 aromatic heterocycles. The molecule has 0 saturated heterocycles. The lowest BCUT2D eigenvalue weighted by Gasteiger charge is -2.11. The molecule has 17 heavy (non-hydrogen) atoms. The van der Waals surface area contributed by atoms with Gasteiger partial charge in [-0.3, -0.25) is 0 Å². The number of esters is 1. The van der Waals surface area contributed by atoms with Crippen molar-refractivity contribution in [2.24, 2.45) is 0 Å². The van der Waals surface area contributed by atoms with Crippen LogP contribution in [0.2, 0.25) is 0 Å². The molecule has 0 aliphatic heterocycles. The maximum absolute atomic E-state index is 12.8. The number of rotatable bonds is 3. The standard InChI is InChI=1S/C10H9F2N3O2/c1-2-17-10(16)7-5(14)4-15-6(3-13)8(7)9(11)12/h4,9H,2,14H2,1H3. The molecule has 5 nitrogen and oxygen atoms in total. The van der Waals surface area contributed by atoms with Crippen LogP contribution in [-0.4, -0.2) is 17.6 Å². The Labute approximate surface area is 95.8 Å². The van der Waals surface area contributed by atoms with Gasteiger partial charge in [0, 0.05) is 0 Å². The van der Waals surface area contributed by atoms with Crippen molar-refractivity contribution in [2.45, 2.75) is 13.3 Å². The number of anilines is 1. The number of aromatic nitrogens is 1. The van der Waals surface area contributed by atoms with Crippen LogP contribution < -0.4 is 5.73 Å². The maximum Gasteiger partial charge on any atom is 0.340 e. The minimum atomic E-state index is -3.03. The van der Waals surface area contributed by atoms with Gasteiger partial charge in [-0.15, -0.1) is 0 Å². The summed E-state index contributed by atoms with van der Waals surface area (Å²) in [4.78, 5) is 14.9. The molecule has 90 valence electrons. The van der Waals surface area contributed by atoms with E-state index in [1.165, 1.54) is 13.0 Å². The zero-order valence-electron chi connectivity index (χ0n) is 8.91. The van der Waals surface area contributed by atoms with Gasteiger partial charge in [0.15, 0.2) is 0 Å². The molecule has 0 fully saturated rings. The number of hydrogen-bond acceptors (Lipinski definition) is 5. The Kier molecular flexibility index (Phi) is 3.93. The van der Waals surface area contributed by atoms with Gasteiger partial charge in [-0.1, -0.05) is 0 Å². The second-order valence-electron chi connectivity index (χ2n) is 2.98. The van der Waals surface area contributed by atoms with Crippen molar-refractivity contribution in [3.63, 3.8) is 0 Å². The van der Waals surface area contributed by atoms with Crippen LogP contribution in [-0.2, 0) is 4.74 Å². The number of carbonyl (C=O) groups is 1. The highest BCUT2D eigenvalue weighted by Crippen LogP contribution is 2.29. The average Bonchev–Trinajstić information content (AvgIpc) is 2.28. The Hall–Kier alpha value is -2.23. The fourth-order valence-electron chi connectivity index (χ4n) is 1.27. The highest BCUT2D eigenvalue weighted by atomic mass is 19.3. The van der Waals surface area contributed by atoms with Gasteiger partial charge in [0.05, 0.1) is 29.6 Å². The predicted octanol–water partition coefficient (Wildman–Crippen LogP) is 1.65. The number of alkyl halides is 2. The number of hydrogen-bond donors (Lipinski definition) is 1. The Morgan fingerprint density at radius 2 is 2.35 bits per heavy atom. The quantitative estimate of drug-likeness (QED) is 0.812. The van der Waals surface area contributed by atoms with Crippen molar-refractivity contribution < 1.29 is 18.3 Å². The third-order valence-electron chi connectivity index (χ3n) is 1.95. The summed E-state index contributed by atoms with van der Waals surface area (Å²) in [6.45, 7) is 1.55. The van der Waals surface area contributed by atoms with E-state index >= 15 is 0 Å². The Balaban J connectivity index is 3.45. The van der Waals surface area contributed by atoms with Crippen LogP contribution in [0.5, 0.6) is 0 Å². The van der Waals surface area contributed by atoms with Gasteiger partial charge in [-0.25, -0.2) is 18.6 Å². The summed E-state index contributed by atoms with van der Waals surface area (Å²) in [5.41, 5.74) is 3.36. The molecule has 2 N–H and O–H groups in total. The first kappa shape index (κ1) is 12.8. The molecule has 1 heterocycles. The zero-order chi connectivity index (χ0) is 13.0. The van der Waals surface area contributed by atoms with E-state index in [9.17, 15) is 13.6 Å². The van der Waals surface area contributed by atoms with E-state index in [0.29, 0.717) is 0 Å². The highest BCUT2D eigenvalue weighted by Gasteiger charge is 2.26. The van der Waals surface area contributed by atoms with Crippen molar-refractivity contribution in [3.8, 4) is 6.07 Å². The number of nitrogens with two attached hydrogens (primary N) is 1. The zero-order valence-corrected chi connectivity index (χ0v) is 8.91. The van der Waals surface area contributed by atoms with E-state index in [4.69, 9.17) is 11.0 Å². The van der Waals surface area contributed by atoms with Crippen molar-refractivity contribution in [2.75, 3.05) is 12.3 Å².